The first-order chi connectivity index (χ1) is 18.4. The molecule has 3 amide bonds. The molecule has 3 aromatic rings. The van der Waals surface area contributed by atoms with Gasteiger partial charge in [0.2, 0.25) is 5.91 Å². The third kappa shape index (κ3) is 4.81. The molecule has 2 aliphatic rings. The van der Waals surface area contributed by atoms with E-state index in [1.54, 1.807) is 36.3 Å². The predicted octanol–water partition coefficient (Wildman–Crippen LogP) is 3.92. The molecule has 1 N–H and O–H groups in total. The molecule has 0 unspecified atom stereocenters. The van der Waals surface area contributed by atoms with Crippen molar-refractivity contribution in [2.24, 2.45) is 0 Å². The minimum absolute atomic E-state index is 0.0100. The van der Waals surface area contributed by atoms with E-state index in [1.165, 1.54) is 0 Å². The second kappa shape index (κ2) is 10.6. The minimum atomic E-state index is -0.805. The van der Waals surface area contributed by atoms with Crippen molar-refractivity contribution in [2.75, 3.05) is 43.6 Å². The van der Waals surface area contributed by atoms with Gasteiger partial charge in [-0.1, -0.05) is 42.5 Å². The molecule has 196 valence electrons. The van der Waals surface area contributed by atoms with Gasteiger partial charge in [-0.15, -0.1) is 0 Å². The molecule has 0 saturated carbocycles. The Morgan fingerprint density at radius 3 is 2.37 bits per heavy atom. The standard InChI is InChI=1S/C30H32N4O4/c1-22-9-6-7-14-26(22)28(36)32-17-15-30(16-18-32)29(37)33(21-34(30)24-11-4-3-5-12-24)20-27(35)31-23-10-8-13-25(19-23)38-2/h3-14,19H,15-18,20-21H2,1-2H3,(H,31,35). The molecule has 0 bridgehead atoms. The molecule has 8 heteroatoms. The van der Waals surface area contributed by atoms with Crippen molar-refractivity contribution in [3.63, 3.8) is 0 Å². The Kier molecular flexibility index (Phi) is 7.05. The Morgan fingerprint density at radius 2 is 1.66 bits per heavy atom. The van der Waals surface area contributed by atoms with Gasteiger partial charge in [0, 0.05) is 36.1 Å². The highest BCUT2D eigenvalue weighted by atomic mass is 16.5. The van der Waals surface area contributed by atoms with Gasteiger partial charge in [0.05, 0.1) is 13.8 Å². The van der Waals surface area contributed by atoms with Crippen molar-refractivity contribution < 1.29 is 19.1 Å². The average molecular weight is 513 g/mol. The van der Waals surface area contributed by atoms with Crippen LogP contribution in [0.25, 0.3) is 0 Å². The van der Waals surface area contributed by atoms with E-state index in [4.69, 9.17) is 4.74 Å². The van der Waals surface area contributed by atoms with Crippen LogP contribution in [0, 0.1) is 6.92 Å². The number of ether oxygens (including phenoxy) is 1. The molecule has 8 nitrogen and oxygen atoms in total. The van der Waals surface area contributed by atoms with Crippen LogP contribution in [0.1, 0.15) is 28.8 Å². The number of amides is 3. The Morgan fingerprint density at radius 1 is 0.947 bits per heavy atom. The smallest absolute Gasteiger partial charge is 0.254 e. The van der Waals surface area contributed by atoms with E-state index < -0.39 is 5.54 Å². The van der Waals surface area contributed by atoms with Gasteiger partial charge >= 0.3 is 0 Å². The molecule has 2 heterocycles. The number of aryl methyl sites for hydroxylation is 1. The number of methoxy groups -OCH3 is 1. The van der Waals surface area contributed by atoms with Gasteiger partial charge in [0.25, 0.3) is 11.8 Å². The number of nitrogens with one attached hydrogen (secondary N) is 1. The summed E-state index contributed by atoms with van der Waals surface area (Å²) in [5.41, 5.74) is 2.36. The molecule has 2 fully saturated rings. The summed E-state index contributed by atoms with van der Waals surface area (Å²) in [6.07, 6.45) is 0.985. The summed E-state index contributed by atoms with van der Waals surface area (Å²) in [5.74, 6) is 0.277. The van der Waals surface area contributed by atoms with E-state index in [9.17, 15) is 14.4 Å². The fourth-order valence-electron chi connectivity index (χ4n) is 5.46. The molecule has 0 aromatic heterocycles. The molecule has 1 spiro atoms. The van der Waals surface area contributed by atoms with Crippen LogP contribution in [-0.2, 0) is 9.59 Å². The number of rotatable bonds is 6. The van der Waals surface area contributed by atoms with Crippen molar-refractivity contribution in [3.8, 4) is 5.75 Å². The molecular formula is C30H32N4O4. The van der Waals surface area contributed by atoms with Crippen LogP contribution in [-0.4, -0.2) is 66.5 Å². The number of piperidine rings is 1. The number of likely N-dealkylation sites (tertiary alicyclic amines) is 1. The van der Waals surface area contributed by atoms with Gasteiger partial charge in [0.1, 0.15) is 17.8 Å². The van der Waals surface area contributed by atoms with Crippen LogP contribution in [0.3, 0.4) is 0 Å². The maximum Gasteiger partial charge on any atom is 0.254 e. The monoisotopic (exact) mass is 512 g/mol. The zero-order valence-corrected chi connectivity index (χ0v) is 21.7. The Hall–Kier alpha value is -4.33. The lowest BCUT2D eigenvalue weighted by Crippen LogP contribution is -2.57. The average Bonchev–Trinajstić information content (AvgIpc) is 3.20. The number of hydrogen-bond acceptors (Lipinski definition) is 5. The summed E-state index contributed by atoms with van der Waals surface area (Å²) >= 11 is 0. The maximum atomic E-state index is 13.9. The number of carbonyl (C=O) groups is 3. The largest absolute Gasteiger partial charge is 0.497 e. The minimum Gasteiger partial charge on any atom is -0.497 e. The van der Waals surface area contributed by atoms with Crippen molar-refractivity contribution >= 4 is 29.1 Å². The van der Waals surface area contributed by atoms with Gasteiger partial charge in [-0.3, -0.25) is 14.4 Å². The van der Waals surface area contributed by atoms with Gasteiger partial charge < -0.3 is 24.8 Å². The van der Waals surface area contributed by atoms with Crippen molar-refractivity contribution in [1.29, 1.82) is 0 Å². The number of para-hydroxylation sites is 1. The van der Waals surface area contributed by atoms with Crippen LogP contribution in [0.2, 0.25) is 0 Å². The summed E-state index contributed by atoms with van der Waals surface area (Å²) < 4.78 is 5.23. The molecule has 0 radical (unpaired) electrons. The fourth-order valence-corrected chi connectivity index (χ4v) is 5.46. The number of nitrogens with zero attached hydrogens (tertiary/aromatic N) is 3. The molecule has 5 rings (SSSR count). The quantitative estimate of drug-likeness (QED) is 0.541. The van der Waals surface area contributed by atoms with E-state index in [-0.39, 0.29) is 24.3 Å². The third-order valence-electron chi connectivity index (χ3n) is 7.52. The van der Waals surface area contributed by atoms with Gasteiger partial charge in [-0.05, 0) is 55.7 Å². The molecular weight excluding hydrogens is 480 g/mol. The molecule has 2 saturated heterocycles. The highest BCUT2D eigenvalue weighted by Crippen LogP contribution is 2.39. The second-order valence-corrected chi connectivity index (χ2v) is 9.83. The van der Waals surface area contributed by atoms with Crippen LogP contribution in [0.15, 0.2) is 78.9 Å². The first-order valence-electron chi connectivity index (χ1n) is 12.8. The highest BCUT2D eigenvalue weighted by Gasteiger charge is 2.54. The van der Waals surface area contributed by atoms with Crippen molar-refractivity contribution in [1.82, 2.24) is 9.80 Å². The maximum absolute atomic E-state index is 13.9. The number of carbonyl (C=O) groups excluding carboxylic acids is 3. The van der Waals surface area contributed by atoms with Crippen LogP contribution >= 0.6 is 0 Å². The molecule has 38 heavy (non-hydrogen) atoms. The summed E-state index contributed by atoms with van der Waals surface area (Å²) in [5, 5.41) is 2.87. The number of anilines is 2. The van der Waals surface area contributed by atoms with E-state index in [0.717, 1.165) is 11.3 Å². The molecule has 0 atom stereocenters. The lowest BCUT2D eigenvalue weighted by Gasteiger charge is -2.43. The Balaban J connectivity index is 1.34. The number of benzene rings is 3. The predicted molar refractivity (Wildman–Crippen MR) is 146 cm³/mol. The summed E-state index contributed by atoms with van der Waals surface area (Å²) in [6, 6.07) is 24.5. The number of hydrogen-bond donors (Lipinski definition) is 1. The lowest BCUT2D eigenvalue weighted by molar-refractivity contribution is -0.136. The third-order valence-corrected chi connectivity index (χ3v) is 7.52. The van der Waals surface area contributed by atoms with Crippen LogP contribution < -0.4 is 15.0 Å². The van der Waals surface area contributed by atoms with E-state index in [1.807, 2.05) is 66.4 Å². The van der Waals surface area contributed by atoms with Crippen LogP contribution in [0.4, 0.5) is 11.4 Å². The lowest BCUT2D eigenvalue weighted by atomic mass is 9.85. The summed E-state index contributed by atoms with van der Waals surface area (Å²) in [7, 11) is 1.57. The second-order valence-electron chi connectivity index (χ2n) is 9.83. The molecule has 3 aromatic carbocycles. The zero-order valence-electron chi connectivity index (χ0n) is 21.7. The topological polar surface area (TPSA) is 82.2 Å². The Labute approximate surface area is 222 Å². The van der Waals surface area contributed by atoms with Gasteiger partial charge in [-0.2, -0.15) is 0 Å². The van der Waals surface area contributed by atoms with E-state index in [2.05, 4.69) is 10.2 Å². The van der Waals surface area contributed by atoms with Gasteiger partial charge in [-0.25, -0.2) is 0 Å². The summed E-state index contributed by atoms with van der Waals surface area (Å²) in [6.45, 7) is 3.11. The highest BCUT2D eigenvalue weighted by molar-refractivity contribution is 6.00. The van der Waals surface area contributed by atoms with Gasteiger partial charge in [0.15, 0.2) is 0 Å². The molecule has 2 aliphatic heterocycles. The fraction of sp³-hybridized carbons (Fsp3) is 0.300. The zero-order chi connectivity index (χ0) is 26.7. The van der Waals surface area contributed by atoms with E-state index >= 15 is 0 Å². The normalized spacial score (nSPS) is 16.6. The van der Waals surface area contributed by atoms with Crippen LogP contribution in [0.5, 0.6) is 5.75 Å². The van der Waals surface area contributed by atoms with Crippen molar-refractivity contribution in [2.45, 2.75) is 25.3 Å². The summed E-state index contributed by atoms with van der Waals surface area (Å²) in [4.78, 5) is 45.7. The molecule has 0 aliphatic carbocycles. The first-order valence-corrected chi connectivity index (χ1v) is 12.8. The first kappa shape index (κ1) is 25.3. The SMILES string of the molecule is COc1cccc(NC(=O)CN2CN(c3ccccc3)C3(CCN(C(=O)c4ccccc4C)CC3)C2=O)c1. The van der Waals surface area contributed by atoms with E-state index in [0.29, 0.717) is 49.6 Å². The van der Waals surface area contributed by atoms with Crippen molar-refractivity contribution in [3.05, 3.63) is 90.0 Å². The Bertz CT molecular complexity index is 1330.